The Kier molecular flexibility index (Phi) is 5.52. The summed E-state index contributed by atoms with van der Waals surface area (Å²) in [5.41, 5.74) is 2.76. The minimum absolute atomic E-state index is 0.0259. The maximum Gasteiger partial charge on any atom is 0.230 e. The Hall–Kier alpha value is -2.73. The average molecular weight is 336 g/mol. The van der Waals surface area contributed by atoms with E-state index in [1.54, 1.807) is 12.4 Å². The third kappa shape index (κ3) is 4.63. The van der Waals surface area contributed by atoms with Crippen LogP contribution in [0.4, 0.5) is 0 Å². The third-order valence-corrected chi connectivity index (χ3v) is 4.20. The predicted molar refractivity (Wildman–Crippen MR) is 94.3 cm³/mol. The van der Waals surface area contributed by atoms with Gasteiger partial charge in [-0.2, -0.15) is 0 Å². The number of nitrogens with zero attached hydrogens (tertiary/aromatic N) is 3. The van der Waals surface area contributed by atoms with Gasteiger partial charge < -0.3 is 5.32 Å². The van der Waals surface area contributed by atoms with Crippen LogP contribution in [0.1, 0.15) is 5.56 Å². The molecule has 0 spiro atoms. The first kappa shape index (κ1) is 16.1. The van der Waals surface area contributed by atoms with Gasteiger partial charge in [-0.25, -0.2) is 0 Å². The van der Waals surface area contributed by atoms with Gasteiger partial charge in [0.1, 0.15) is 5.03 Å². The SMILES string of the molecule is O=C(CSc1ccc(-c2cccnc2)nn1)NCc1ccccc1. The topological polar surface area (TPSA) is 67.8 Å². The first-order chi connectivity index (χ1) is 11.8. The minimum atomic E-state index is -0.0259. The van der Waals surface area contributed by atoms with Gasteiger partial charge in [-0.05, 0) is 29.8 Å². The minimum Gasteiger partial charge on any atom is -0.351 e. The van der Waals surface area contributed by atoms with Gasteiger partial charge >= 0.3 is 0 Å². The molecule has 5 nitrogen and oxygen atoms in total. The Labute approximate surface area is 144 Å². The lowest BCUT2D eigenvalue weighted by atomic mass is 10.2. The molecule has 120 valence electrons. The Morgan fingerprint density at radius 3 is 2.58 bits per heavy atom. The summed E-state index contributed by atoms with van der Waals surface area (Å²) >= 11 is 1.37. The third-order valence-electron chi connectivity index (χ3n) is 3.28. The van der Waals surface area contributed by atoms with Crippen LogP contribution < -0.4 is 5.32 Å². The number of hydrogen-bond donors (Lipinski definition) is 1. The van der Waals surface area contributed by atoms with Crippen molar-refractivity contribution in [3.63, 3.8) is 0 Å². The number of aromatic nitrogens is 3. The van der Waals surface area contributed by atoms with E-state index in [9.17, 15) is 4.79 Å². The molecule has 24 heavy (non-hydrogen) atoms. The highest BCUT2D eigenvalue weighted by atomic mass is 32.2. The summed E-state index contributed by atoms with van der Waals surface area (Å²) in [4.78, 5) is 16.0. The van der Waals surface area contributed by atoms with E-state index in [0.29, 0.717) is 12.3 Å². The number of amides is 1. The molecule has 0 saturated carbocycles. The summed E-state index contributed by atoms with van der Waals surface area (Å²) in [7, 11) is 0. The fraction of sp³-hybridized carbons (Fsp3) is 0.111. The van der Waals surface area contributed by atoms with E-state index in [1.165, 1.54) is 11.8 Å². The molecule has 0 atom stereocenters. The smallest absolute Gasteiger partial charge is 0.230 e. The van der Waals surface area contributed by atoms with Crippen LogP contribution in [0.5, 0.6) is 0 Å². The molecule has 1 aromatic carbocycles. The lowest BCUT2D eigenvalue weighted by Gasteiger charge is -2.05. The Balaban J connectivity index is 1.49. The van der Waals surface area contributed by atoms with Gasteiger partial charge in [-0.15, -0.1) is 10.2 Å². The van der Waals surface area contributed by atoms with E-state index < -0.39 is 0 Å². The lowest BCUT2D eigenvalue weighted by Crippen LogP contribution is -2.24. The van der Waals surface area contributed by atoms with Gasteiger partial charge in [-0.1, -0.05) is 42.1 Å². The van der Waals surface area contributed by atoms with Gasteiger partial charge in [0.05, 0.1) is 11.4 Å². The summed E-state index contributed by atoms with van der Waals surface area (Å²) in [6, 6.07) is 17.4. The zero-order chi connectivity index (χ0) is 16.6. The molecule has 0 saturated heterocycles. The lowest BCUT2D eigenvalue weighted by molar-refractivity contribution is -0.118. The number of carbonyl (C=O) groups excluding carboxylic acids is 1. The second kappa shape index (κ2) is 8.21. The van der Waals surface area contributed by atoms with E-state index >= 15 is 0 Å². The molecule has 0 aliphatic carbocycles. The van der Waals surface area contributed by atoms with Crippen LogP contribution in [0.25, 0.3) is 11.3 Å². The molecule has 0 aliphatic heterocycles. The van der Waals surface area contributed by atoms with Crippen molar-refractivity contribution < 1.29 is 4.79 Å². The zero-order valence-corrected chi connectivity index (χ0v) is 13.7. The number of nitrogens with one attached hydrogen (secondary N) is 1. The predicted octanol–water partition coefficient (Wildman–Crippen LogP) is 2.95. The molecular formula is C18H16N4OS. The standard InChI is InChI=1S/C18H16N4OS/c23-17(20-11-14-5-2-1-3-6-14)13-24-18-9-8-16(21-22-18)15-7-4-10-19-12-15/h1-10,12H,11,13H2,(H,20,23). The Morgan fingerprint density at radius 2 is 1.88 bits per heavy atom. The Bertz CT molecular complexity index is 779. The fourth-order valence-corrected chi connectivity index (χ4v) is 2.70. The van der Waals surface area contributed by atoms with Crippen LogP contribution in [-0.4, -0.2) is 26.8 Å². The van der Waals surface area contributed by atoms with Gasteiger partial charge in [-0.3, -0.25) is 9.78 Å². The van der Waals surface area contributed by atoms with Gasteiger partial charge in [0.2, 0.25) is 5.91 Å². The normalized spacial score (nSPS) is 10.3. The van der Waals surface area contributed by atoms with Crippen LogP contribution in [0, 0.1) is 0 Å². The molecule has 0 unspecified atom stereocenters. The number of carbonyl (C=O) groups is 1. The summed E-state index contributed by atoms with van der Waals surface area (Å²) in [5.74, 6) is 0.287. The first-order valence-corrected chi connectivity index (χ1v) is 8.47. The molecule has 1 N–H and O–H groups in total. The van der Waals surface area contributed by atoms with E-state index in [2.05, 4.69) is 20.5 Å². The number of hydrogen-bond acceptors (Lipinski definition) is 5. The quantitative estimate of drug-likeness (QED) is 0.701. The van der Waals surface area contributed by atoms with E-state index in [1.807, 2.05) is 54.6 Å². The molecule has 3 rings (SSSR count). The summed E-state index contributed by atoms with van der Waals surface area (Å²) in [6.07, 6.45) is 3.46. The molecule has 2 aromatic heterocycles. The summed E-state index contributed by atoms with van der Waals surface area (Å²) in [5, 5.41) is 11.9. The zero-order valence-electron chi connectivity index (χ0n) is 12.9. The monoisotopic (exact) mass is 336 g/mol. The number of benzene rings is 1. The van der Waals surface area contributed by atoms with Crippen molar-refractivity contribution in [1.82, 2.24) is 20.5 Å². The van der Waals surface area contributed by atoms with Crippen LogP contribution in [0.2, 0.25) is 0 Å². The van der Waals surface area contributed by atoms with Crippen molar-refractivity contribution in [3.05, 3.63) is 72.6 Å². The number of pyridine rings is 1. The maximum absolute atomic E-state index is 11.9. The fourth-order valence-electron chi connectivity index (χ4n) is 2.05. The highest BCUT2D eigenvalue weighted by molar-refractivity contribution is 7.99. The second-order valence-corrected chi connectivity index (χ2v) is 6.05. The van der Waals surface area contributed by atoms with Gasteiger partial charge in [0.25, 0.3) is 0 Å². The molecule has 3 aromatic rings. The van der Waals surface area contributed by atoms with Gasteiger partial charge in [0.15, 0.2) is 0 Å². The summed E-state index contributed by atoms with van der Waals surface area (Å²) in [6.45, 7) is 0.534. The van der Waals surface area contributed by atoms with E-state index in [0.717, 1.165) is 21.8 Å². The molecule has 2 heterocycles. The maximum atomic E-state index is 11.9. The van der Waals surface area contributed by atoms with Crippen LogP contribution in [0.15, 0.2) is 72.0 Å². The van der Waals surface area contributed by atoms with Crippen LogP contribution in [-0.2, 0) is 11.3 Å². The Morgan fingerprint density at radius 1 is 1.00 bits per heavy atom. The van der Waals surface area contributed by atoms with Crippen molar-refractivity contribution in [2.24, 2.45) is 0 Å². The van der Waals surface area contributed by atoms with E-state index in [-0.39, 0.29) is 5.91 Å². The number of thioether (sulfide) groups is 1. The first-order valence-electron chi connectivity index (χ1n) is 7.49. The summed E-state index contributed by atoms with van der Waals surface area (Å²) < 4.78 is 0. The van der Waals surface area contributed by atoms with Gasteiger partial charge in [0, 0.05) is 24.5 Å². The largest absolute Gasteiger partial charge is 0.351 e. The molecule has 6 heteroatoms. The van der Waals surface area contributed by atoms with Crippen molar-refractivity contribution in [3.8, 4) is 11.3 Å². The van der Waals surface area contributed by atoms with Crippen molar-refractivity contribution in [1.29, 1.82) is 0 Å². The number of rotatable bonds is 6. The van der Waals surface area contributed by atoms with Crippen molar-refractivity contribution in [2.45, 2.75) is 11.6 Å². The van der Waals surface area contributed by atoms with E-state index in [4.69, 9.17) is 0 Å². The van der Waals surface area contributed by atoms with Crippen LogP contribution >= 0.6 is 11.8 Å². The molecule has 0 bridgehead atoms. The molecule has 1 amide bonds. The molecule has 0 radical (unpaired) electrons. The second-order valence-electron chi connectivity index (χ2n) is 5.05. The van der Waals surface area contributed by atoms with Crippen molar-refractivity contribution >= 4 is 17.7 Å². The van der Waals surface area contributed by atoms with Crippen LogP contribution in [0.3, 0.4) is 0 Å². The highest BCUT2D eigenvalue weighted by Gasteiger charge is 2.05. The molecule has 0 aliphatic rings. The highest BCUT2D eigenvalue weighted by Crippen LogP contribution is 2.18. The molecule has 0 fully saturated rings. The average Bonchev–Trinajstić information content (AvgIpc) is 2.67. The molecular weight excluding hydrogens is 320 g/mol. The van der Waals surface area contributed by atoms with Crippen molar-refractivity contribution in [2.75, 3.05) is 5.75 Å².